The summed E-state index contributed by atoms with van der Waals surface area (Å²) in [5.41, 5.74) is 2.18. The molecule has 102 valence electrons. The minimum Gasteiger partial charge on any atom is -0.383 e. The van der Waals surface area contributed by atoms with Gasteiger partial charge in [0.2, 0.25) is 5.95 Å². The van der Waals surface area contributed by atoms with Gasteiger partial charge in [0.1, 0.15) is 0 Å². The molecule has 0 aromatic carbocycles. The molecule has 5 nitrogen and oxygen atoms in total. The summed E-state index contributed by atoms with van der Waals surface area (Å²) in [6.07, 6.45) is 5.63. The topological polar surface area (TPSA) is 52.0 Å². The minimum atomic E-state index is 0.256. The summed E-state index contributed by atoms with van der Waals surface area (Å²) < 4.78 is 7.31. The zero-order valence-electron chi connectivity index (χ0n) is 11.6. The molecule has 0 spiro atoms. The summed E-state index contributed by atoms with van der Waals surface area (Å²) in [6.45, 7) is 5.51. The van der Waals surface area contributed by atoms with Crippen molar-refractivity contribution >= 4 is 5.95 Å². The van der Waals surface area contributed by atoms with E-state index in [1.165, 1.54) is 5.56 Å². The lowest BCUT2D eigenvalue weighted by Crippen LogP contribution is -2.14. The molecule has 5 heteroatoms. The fourth-order valence-electron chi connectivity index (χ4n) is 1.99. The standard InChI is InChI=1S/C14H20N4O/c1-11-9-18(12(2)10-19-3)14(17-11)16-8-13-4-6-15-7-5-13/h4-7,9,12H,8,10H2,1-3H3,(H,16,17). The molecule has 0 aliphatic rings. The van der Waals surface area contributed by atoms with E-state index >= 15 is 0 Å². The summed E-state index contributed by atoms with van der Waals surface area (Å²) in [7, 11) is 1.71. The maximum Gasteiger partial charge on any atom is 0.203 e. The highest BCUT2D eigenvalue weighted by Gasteiger charge is 2.11. The van der Waals surface area contributed by atoms with Gasteiger partial charge in [0.25, 0.3) is 0 Å². The monoisotopic (exact) mass is 260 g/mol. The average molecular weight is 260 g/mol. The number of rotatable bonds is 6. The van der Waals surface area contributed by atoms with Gasteiger partial charge in [-0.25, -0.2) is 4.98 Å². The lowest BCUT2D eigenvalue weighted by Gasteiger charge is -2.16. The Hall–Kier alpha value is -1.88. The SMILES string of the molecule is COCC(C)n1cc(C)nc1NCc1ccncc1. The van der Waals surface area contributed by atoms with E-state index in [0.717, 1.165) is 18.2 Å². The molecule has 0 radical (unpaired) electrons. The van der Waals surface area contributed by atoms with Gasteiger partial charge >= 0.3 is 0 Å². The minimum absolute atomic E-state index is 0.256. The van der Waals surface area contributed by atoms with Crippen molar-refractivity contribution in [2.24, 2.45) is 0 Å². The number of aryl methyl sites for hydroxylation is 1. The number of ether oxygens (including phenoxy) is 1. The van der Waals surface area contributed by atoms with Gasteiger partial charge in [0, 0.05) is 32.2 Å². The first-order valence-electron chi connectivity index (χ1n) is 6.38. The van der Waals surface area contributed by atoms with Crippen LogP contribution in [0.25, 0.3) is 0 Å². The normalized spacial score (nSPS) is 12.4. The van der Waals surface area contributed by atoms with Crippen LogP contribution in [0.2, 0.25) is 0 Å². The number of anilines is 1. The Bertz CT molecular complexity index is 509. The van der Waals surface area contributed by atoms with Gasteiger partial charge in [-0.3, -0.25) is 4.98 Å². The van der Waals surface area contributed by atoms with Gasteiger partial charge in [-0.05, 0) is 31.5 Å². The van der Waals surface area contributed by atoms with E-state index in [1.807, 2.05) is 25.3 Å². The van der Waals surface area contributed by atoms with E-state index in [-0.39, 0.29) is 6.04 Å². The zero-order chi connectivity index (χ0) is 13.7. The van der Waals surface area contributed by atoms with E-state index in [4.69, 9.17) is 4.74 Å². The van der Waals surface area contributed by atoms with E-state index in [0.29, 0.717) is 6.61 Å². The second kappa shape index (κ2) is 6.33. The maximum atomic E-state index is 5.20. The lowest BCUT2D eigenvalue weighted by atomic mass is 10.3. The molecule has 0 amide bonds. The molecule has 0 saturated heterocycles. The Labute approximate surface area is 113 Å². The van der Waals surface area contributed by atoms with Gasteiger partial charge in [-0.2, -0.15) is 0 Å². The molecule has 0 aliphatic carbocycles. The summed E-state index contributed by atoms with van der Waals surface area (Å²) >= 11 is 0. The maximum absolute atomic E-state index is 5.20. The van der Waals surface area contributed by atoms with Gasteiger partial charge in [0.15, 0.2) is 0 Å². The first-order valence-corrected chi connectivity index (χ1v) is 6.38. The fraction of sp³-hybridized carbons (Fsp3) is 0.429. The van der Waals surface area contributed by atoms with E-state index in [2.05, 4.69) is 26.8 Å². The van der Waals surface area contributed by atoms with Crippen molar-refractivity contribution < 1.29 is 4.74 Å². The number of aromatic nitrogens is 3. The van der Waals surface area contributed by atoms with Gasteiger partial charge in [-0.1, -0.05) is 0 Å². The quantitative estimate of drug-likeness (QED) is 0.866. The number of nitrogens with zero attached hydrogens (tertiary/aromatic N) is 3. The third-order valence-corrected chi connectivity index (χ3v) is 2.94. The zero-order valence-corrected chi connectivity index (χ0v) is 11.6. The Kier molecular flexibility index (Phi) is 4.52. The Morgan fingerprint density at radius 3 is 2.79 bits per heavy atom. The van der Waals surface area contributed by atoms with Crippen LogP contribution in [0.5, 0.6) is 0 Å². The summed E-state index contributed by atoms with van der Waals surface area (Å²) in [5, 5.41) is 3.36. The van der Waals surface area contributed by atoms with Crippen molar-refractivity contribution in [3.8, 4) is 0 Å². The van der Waals surface area contributed by atoms with Crippen LogP contribution < -0.4 is 5.32 Å². The predicted octanol–water partition coefficient (Wildman–Crippen LogP) is 2.41. The smallest absolute Gasteiger partial charge is 0.203 e. The van der Waals surface area contributed by atoms with Crippen LogP contribution in [0.3, 0.4) is 0 Å². The molecule has 0 saturated carbocycles. The average Bonchev–Trinajstić information content (AvgIpc) is 2.79. The highest BCUT2D eigenvalue weighted by Crippen LogP contribution is 2.16. The summed E-state index contributed by atoms with van der Waals surface area (Å²) in [5.74, 6) is 0.874. The molecule has 1 atom stereocenters. The van der Waals surface area contributed by atoms with E-state index in [1.54, 1.807) is 19.5 Å². The molecular formula is C14H20N4O. The molecular weight excluding hydrogens is 240 g/mol. The number of hydrogen-bond acceptors (Lipinski definition) is 4. The second-order valence-electron chi connectivity index (χ2n) is 4.63. The van der Waals surface area contributed by atoms with Crippen LogP contribution in [-0.4, -0.2) is 28.3 Å². The van der Waals surface area contributed by atoms with Crippen LogP contribution in [0, 0.1) is 6.92 Å². The first-order chi connectivity index (χ1) is 9.20. The molecule has 0 aliphatic heterocycles. The lowest BCUT2D eigenvalue weighted by molar-refractivity contribution is 0.163. The van der Waals surface area contributed by atoms with E-state index in [9.17, 15) is 0 Å². The Balaban J connectivity index is 2.07. The number of hydrogen-bond donors (Lipinski definition) is 1. The highest BCUT2D eigenvalue weighted by atomic mass is 16.5. The Morgan fingerprint density at radius 1 is 1.37 bits per heavy atom. The van der Waals surface area contributed by atoms with Crippen LogP contribution in [0.15, 0.2) is 30.7 Å². The molecule has 1 N–H and O–H groups in total. The van der Waals surface area contributed by atoms with Crippen LogP contribution in [0.4, 0.5) is 5.95 Å². The van der Waals surface area contributed by atoms with Crippen LogP contribution >= 0.6 is 0 Å². The van der Waals surface area contributed by atoms with Crippen molar-refractivity contribution in [1.29, 1.82) is 0 Å². The van der Waals surface area contributed by atoms with Crippen LogP contribution in [0.1, 0.15) is 24.2 Å². The Morgan fingerprint density at radius 2 is 2.11 bits per heavy atom. The predicted molar refractivity (Wildman–Crippen MR) is 75.1 cm³/mol. The molecule has 2 aromatic rings. The molecule has 0 fully saturated rings. The number of imidazole rings is 1. The van der Waals surface area contributed by atoms with Crippen molar-refractivity contribution in [3.05, 3.63) is 42.0 Å². The third-order valence-electron chi connectivity index (χ3n) is 2.94. The van der Waals surface area contributed by atoms with Crippen molar-refractivity contribution in [3.63, 3.8) is 0 Å². The number of nitrogens with one attached hydrogen (secondary N) is 1. The number of methoxy groups -OCH3 is 1. The second-order valence-corrected chi connectivity index (χ2v) is 4.63. The molecule has 1 unspecified atom stereocenters. The molecule has 0 bridgehead atoms. The van der Waals surface area contributed by atoms with Crippen molar-refractivity contribution in [2.75, 3.05) is 19.0 Å². The molecule has 2 aromatic heterocycles. The van der Waals surface area contributed by atoms with Gasteiger partial charge in [0.05, 0.1) is 18.3 Å². The molecule has 2 rings (SSSR count). The summed E-state index contributed by atoms with van der Waals surface area (Å²) in [4.78, 5) is 8.52. The van der Waals surface area contributed by atoms with Gasteiger partial charge < -0.3 is 14.6 Å². The van der Waals surface area contributed by atoms with Gasteiger partial charge in [-0.15, -0.1) is 0 Å². The van der Waals surface area contributed by atoms with E-state index < -0.39 is 0 Å². The number of pyridine rings is 1. The fourth-order valence-corrected chi connectivity index (χ4v) is 1.99. The van der Waals surface area contributed by atoms with Crippen molar-refractivity contribution in [1.82, 2.24) is 14.5 Å². The summed E-state index contributed by atoms with van der Waals surface area (Å²) in [6, 6.07) is 4.24. The highest BCUT2D eigenvalue weighted by molar-refractivity contribution is 5.31. The third kappa shape index (κ3) is 3.54. The molecule has 2 heterocycles. The molecule has 19 heavy (non-hydrogen) atoms. The largest absolute Gasteiger partial charge is 0.383 e. The van der Waals surface area contributed by atoms with Crippen LogP contribution in [-0.2, 0) is 11.3 Å². The van der Waals surface area contributed by atoms with Crippen molar-refractivity contribution in [2.45, 2.75) is 26.4 Å². The first kappa shape index (κ1) is 13.5.